The van der Waals surface area contributed by atoms with E-state index in [-0.39, 0.29) is 5.91 Å². The molecule has 0 unspecified atom stereocenters. The molecule has 0 fully saturated rings. The van der Waals surface area contributed by atoms with E-state index in [0.717, 1.165) is 0 Å². The minimum absolute atomic E-state index is 0.0376. The molecule has 5 nitrogen and oxygen atoms in total. The Kier molecular flexibility index (Phi) is 8.97. The van der Waals surface area contributed by atoms with E-state index in [1.165, 1.54) is 0 Å². The van der Waals surface area contributed by atoms with Crippen LogP contribution < -0.4 is 0 Å². The van der Waals surface area contributed by atoms with Crippen molar-refractivity contribution in [2.45, 2.75) is 33.3 Å². The van der Waals surface area contributed by atoms with Crippen LogP contribution in [0.2, 0.25) is 0 Å². The Morgan fingerprint density at radius 2 is 1.50 bits per heavy atom. The molecule has 0 saturated carbocycles. The van der Waals surface area contributed by atoms with Crippen LogP contribution in [0.5, 0.6) is 0 Å². The van der Waals surface area contributed by atoms with Crippen LogP contribution in [0.15, 0.2) is 0 Å². The van der Waals surface area contributed by atoms with Crippen LogP contribution in [-0.2, 0) is 19.0 Å². The van der Waals surface area contributed by atoms with Crippen molar-refractivity contribution in [2.24, 2.45) is 0 Å². The maximum Gasteiger partial charge on any atom is 0.254 e. The highest BCUT2D eigenvalue weighted by Gasteiger charge is 2.31. The van der Waals surface area contributed by atoms with E-state index in [9.17, 15) is 4.79 Å². The van der Waals surface area contributed by atoms with Gasteiger partial charge in [0.05, 0.1) is 13.2 Å². The molecule has 0 heterocycles. The van der Waals surface area contributed by atoms with Crippen molar-refractivity contribution >= 4 is 5.91 Å². The lowest BCUT2D eigenvalue weighted by Crippen LogP contribution is -2.48. The second-order valence-corrected chi connectivity index (χ2v) is 4.40. The molecule has 5 heteroatoms. The summed E-state index contributed by atoms with van der Waals surface area (Å²) in [7, 11) is 1.54. The molecular formula is C13H27NO4. The number of nitrogens with zero attached hydrogens (tertiary/aromatic N) is 1. The number of carbonyl (C=O) groups is 1. The Labute approximate surface area is 110 Å². The first-order valence-electron chi connectivity index (χ1n) is 6.49. The van der Waals surface area contributed by atoms with E-state index in [2.05, 4.69) is 0 Å². The van der Waals surface area contributed by atoms with Crippen molar-refractivity contribution in [1.29, 1.82) is 0 Å². The first kappa shape index (κ1) is 17.4. The van der Waals surface area contributed by atoms with Gasteiger partial charge in [0.15, 0.2) is 0 Å². The molecule has 0 aromatic carbocycles. The monoisotopic (exact) mass is 261 g/mol. The normalized spacial score (nSPS) is 11.6. The Morgan fingerprint density at radius 1 is 1.06 bits per heavy atom. The third-order valence-corrected chi connectivity index (χ3v) is 2.73. The molecule has 0 spiro atoms. The summed E-state index contributed by atoms with van der Waals surface area (Å²) in [4.78, 5) is 14.0. The summed E-state index contributed by atoms with van der Waals surface area (Å²) in [6.45, 7) is 10.9. The van der Waals surface area contributed by atoms with Gasteiger partial charge in [-0.05, 0) is 27.7 Å². The number of amides is 1. The van der Waals surface area contributed by atoms with Crippen LogP contribution in [-0.4, -0.2) is 63.0 Å². The lowest BCUT2D eigenvalue weighted by atomic mass is 10.1. The maximum atomic E-state index is 12.3. The SMILES string of the molecule is CCOCCN(CCOCC)C(=O)C(C)(C)OC. The summed E-state index contributed by atoms with van der Waals surface area (Å²) in [5.41, 5.74) is -0.807. The summed E-state index contributed by atoms with van der Waals surface area (Å²) < 4.78 is 15.8. The van der Waals surface area contributed by atoms with Crippen LogP contribution in [0.1, 0.15) is 27.7 Å². The standard InChI is InChI=1S/C13H27NO4/c1-6-17-10-8-14(9-11-18-7-2)12(15)13(3,4)16-5/h6-11H2,1-5H3. The number of carbonyl (C=O) groups excluding carboxylic acids is 1. The summed E-state index contributed by atoms with van der Waals surface area (Å²) in [5, 5.41) is 0. The number of rotatable bonds is 10. The molecule has 0 aromatic rings. The van der Waals surface area contributed by atoms with Crippen LogP contribution >= 0.6 is 0 Å². The van der Waals surface area contributed by atoms with Crippen LogP contribution in [0.3, 0.4) is 0 Å². The highest BCUT2D eigenvalue weighted by Crippen LogP contribution is 2.12. The number of methoxy groups -OCH3 is 1. The van der Waals surface area contributed by atoms with Gasteiger partial charge in [0, 0.05) is 33.4 Å². The van der Waals surface area contributed by atoms with Crippen LogP contribution in [0.4, 0.5) is 0 Å². The zero-order valence-corrected chi connectivity index (χ0v) is 12.3. The minimum Gasteiger partial charge on any atom is -0.380 e. The van der Waals surface area contributed by atoms with E-state index in [1.807, 2.05) is 13.8 Å². The Morgan fingerprint density at radius 3 is 1.83 bits per heavy atom. The zero-order chi connectivity index (χ0) is 14.0. The molecule has 0 saturated heterocycles. The van der Waals surface area contributed by atoms with Gasteiger partial charge in [-0.2, -0.15) is 0 Å². The topological polar surface area (TPSA) is 48.0 Å². The minimum atomic E-state index is -0.807. The van der Waals surface area contributed by atoms with E-state index in [1.54, 1.807) is 25.9 Å². The lowest BCUT2D eigenvalue weighted by Gasteiger charge is -2.30. The first-order valence-corrected chi connectivity index (χ1v) is 6.49. The average Bonchev–Trinajstić information content (AvgIpc) is 2.36. The molecule has 0 radical (unpaired) electrons. The van der Waals surface area contributed by atoms with Gasteiger partial charge >= 0.3 is 0 Å². The third-order valence-electron chi connectivity index (χ3n) is 2.73. The molecule has 0 aliphatic rings. The fraction of sp³-hybridized carbons (Fsp3) is 0.923. The molecule has 108 valence electrons. The number of ether oxygens (including phenoxy) is 3. The number of hydrogen-bond donors (Lipinski definition) is 0. The maximum absolute atomic E-state index is 12.3. The van der Waals surface area contributed by atoms with Crippen molar-refractivity contribution in [3.63, 3.8) is 0 Å². The fourth-order valence-corrected chi connectivity index (χ4v) is 1.42. The summed E-state index contributed by atoms with van der Waals surface area (Å²) >= 11 is 0. The zero-order valence-electron chi connectivity index (χ0n) is 12.3. The van der Waals surface area contributed by atoms with Gasteiger partial charge in [-0.3, -0.25) is 4.79 Å². The predicted octanol–water partition coefficient (Wildman–Crippen LogP) is 1.31. The smallest absolute Gasteiger partial charge is 0.254 e. The summed E-state index contributed by atoms with van der Waals surface area (Å²) in [5.74, 6) is -0.0376. The quantitative estimate of drug-likeness (QED) is 0.556. The molecule has 0 rings (SSSR count). The van der Waals surface area contributed by atoms with Gasteiger partial charge in [-0.25, -0.2) is 0 Å². The molecule has 0 bridgehead atoms. The highest BCUT2D eigenvalue weighted by atomic mass is 16.5. The van der Waals surface area contributed by atoms with Crippen molar-refractivity contribution < 1.29 is 19.0 Å². The number of hydrogen-bond acceptors (Lipinski definition) is 4. The molecule has 0 N–H and O–H groups in total. The third kappa shape index (κ3) is 6.33. The Hall–Kier alpha value is -0.650. The summed E-state index contributed by atoms with van der Waals surface area (Å²) in [6.07, 6.45) is 0. The van der Waals surface area contributed by atoms with Crippen molar-refractivity contribution in [2.75, 3.05) is 46.6 Å². The molecule has 0 aliphatic heterocycles. The van der Waals surface area contributed by atoms with Crippen molar-refractivity contribution in [3.05, 3.63) is 0 Å². The van der Waals surface area contributed by atoms with Gasteiger partial charge in [-0.1, -0.05) is 0 Å². The van der Waals surface area contributed by atoms with E-state index >= 15 is 0 Å². The van der Waals surface area contributed by atoms with Gasteiger partial charge < -0.3 is 19.1 Å². The first-order chi connectivity index (χ1) is 8.49. The van der Waals surface area contributed by atoms with E-state index in [4.69, 9.17) is 14.2 Å². The van der Waals surface area contributed by atoms with Crippen LogP contribution in [0, 0.1) is 0 Å². The highest BCUT2D eigenvalue weighted by molar-refractivity contribution is 5.84. The average molecular weight is 261 g/mol. The fourth-order valence-electron chi connectivity index (χ4n) is 1.42. The van der Waals surface area contributed by atoms with Crippen molar-refractivity contribution in [3.8, 4) is 0 Å². The van der Waals surface area contributed by atoms with Gasteiger partial charge in [0.1, 0.15) is 5.60 Å². The lowest BCUT2D eigenvalue weighted by molar-refractivity contribution is -0.152. The molecule has 0 aliphatic carbocycles. The van der Waals surface area contributed by atoms with Crippen molar-refractivity contribution in [1.82, 2.24) is 4.90 Å². The molecule has 18 heavy (non-hydrogen) atoms. The molecule has 1 amide bonds. The van der Waals surface area contributed by atoms with Gasteiger partial charge in [-0.15, -0.1) is 0 Å². The second-order valence-electron chi connectivity index (χ2n) is 4.40. The van der Waals surface area contributed by atoms with Crippen LogP contribution in [0.25, 0.3) is 0 Å². The predicted molar refractivity (Wildman–Crippen MR) is 70.7 cm³/mol. The Bertz CT molecular complexity index is 221. The van der Waals surface area contributed by atoms with Gasteiger partial charge in [0.2, 0.25) is 0 Å². The summed E-state index contributed by atoms with van der Waals surface area (Å²) in [6, 6.07) is 0. The van der Waals surface area contributed by atoms with E-state index in [0.29, 0.717) is 39.5 Å². The molecule has 0 atom stereocenters. The molecule has 0 aromatic heterocycles. The second kappa shape index (κ2) is 9.30. The largest absolute Gasteiger partial charge is 0.380 e. The van der Waals surface area contributed by atoms with E-state index < -0.39 is 5.60 Å². The van der Waals surface area contributed by atoms with Gasteiger partial charge in [0.25, 0.3) is 5.91 Å². The molecular weight excluding hydrogens is 234 g/mol. The Balaban J connectivity index is 4.38.